The van der Waals surface area contributed by atoms with Gasteiger partial charge in [0.1, 0.15) is 0 Å². The summed E-state index contributed by atoms with van der Waals surface area (Å²) in [5.74, 6) is 0. The van der Waals surface area contributed by atoms with E-state index in [4.69, 9.17) is 0 Å². The molecule has 0 amide bonds. The molecule has 1 heterocycles. The van der Waals surface area contributed by atoms with Crippen LogP contribution in [0.3, 0.4) is 0 Å². The molecule has 1 fully saturated rings. The van der Waals surface area contributed by atoms with Gasteiger partial charge in [-0.1, -0.05) is 38.2 Å². The van der Waals surface area contributed by atoms with Crippen LogP contribution in [0.1, 0.15) is 56.2 Å². The average molecular weight is 232 g/mol. The third kappa shape index (κ3) is 4.47. The summed E-state index contributed by atoms with van der Waals surface area (Å²) in [4.78, 5) is 4.34. The molecule has 0 atom stereocenters. The highest BCUT2D eigenvalue weighted by atomic mass is 14.9. The first-order chi connectivity index (χ1) is 8.34. The summed E-state index contributed by atoms with van der Waals surface area (Å²) in [7, 11) is 0. The van der Waals surface area contributed by atoms with Crippen LogP contribution in [-0.2, 0) is 6.54 Å². The molecule has 2 rings (SSSR count). The summed E-state index contributed by atoms with van der Waals surface area (Å²) in [5.41, 5.74) is 2.40. The van der Waals surface area contributed by atoms with Gasteiger partial charge in [0, 0.05) is 24.5 Å². The Hall–Kier alpha value is -0.890. The second kappa shape index (κ2) is 6.75. The summed E-state index contributed by atoms with van der Waals surface area (Å²) >= 11 is 0. The van der Waals surface area contributed by atoms with Crippen LogP contribution in [0.15, 0.2) is 18.3 Å². The van der Waals surface area contributed by atoms with E-state index in [1.807, 2.05) is 13.1 Å². The Morgan fingerprint density at radius 3 is 2.47 bits per heavy atom. The maximum absolute atomic E-state index is 4.34. The first kappa shape index (κ1) is 12.6. The summed E-state index contributed by atoms with van der Waals surface area (Å²) < 4.78 is 0. The molecule has 1 saturated carbocycles. The zero-order valence-electron chi connectivity index (χ0n) is 10.9. The van der Waals surface area contributed by atoms with Gasteiger partial charge in [0.2, 0.25) is 0 Å². The number of aromatic nitrogens is 1. The van der Waals surface area contributed by atoms with Gasteiger partial charge < -0.3 is 5.32 Å². The molecular formula is C15H24N2. The van der Waals surface area contributed by atoms with Crippen LogP contribution in [0.25, 0.3) is 0 Å². The van der Waals surface area contributed by atoms with Gasteiger partial charge in [-0.25, -0.2) is 0 Å². The van der Waals surface area contributed by atoms with Crippen LogP contribution >= 0.6 is 0 Å². The van der Waals surface area contributed by atoms with Crippen molar-refractivity contribution in [3.63, 3.8) is 0 Å². The highest BCUT2D eigenvalue weighted by Crippen LogP contribution is 2.17. The Morgan fingerprint density at radius 1 is 1.12 bits per heavy atom. The normalized spacial score (nSPS) is 18.6. The monoisotopic (exact) mass is 232 g/mol. The van der Waals surface area contributed by atoms with Crippen molar-refractivity contribution in [2.45, 2.75) is 64.5 Å². The minimum atomic E-state index is 0.719. The van der Waals surface area contributed by atoms with E-state index in [-0.39, 0.29) is 0 Å². The van der Waals surface area contributed by atoms with Crippen molar-refractivity contribution in [2.24, 2.45) is 0 Å². The van der Waals surface area contributed by atoms with Crippen molar-refractivity contribution in [2.75, 3.05) is 0 Å². The molecule has 0 spiro atoms. The third-order valence-corrected chi connectivity index (χ3v) is 3.67. The molecule has 0 saturated heterocycles. The molecule has 1 aromatic rings. The molecule has 17 heavy (non-hydrogen) atoms. The first-order valence-electron chi connectivity index (χ1n) is 6.99. The van der Waals surface area contributed by atoms with Crippen LogP contribution in [0.5, 0.6) is 0 Å². The van der Waals surface area contributed by atoms with E-state index < -0.39 is 0 Å². The summed E-state index contributed by atoms with van der Waals surface area (Å²) in [6, 6.07) is 4.99. The molecule has 1 aliphatic rings. The van der Waals surface area contributed by atoms with Crippen molar-refractivity contribution < 1.29 is 0 Å². The molecule has 1 aromatic heterocycles. The molecule has 1 aliphatic carbocycles. The number of nitrogens with zero attached hydrogens (tertiary/aromatic N) is 1. The minimum absolute atomic E-state index is 0.719. The predicted molar refractivity (Wildman–Crippen MR) is 71.9 cm³/mol. The lowest BCUT2D eigenvalue weighted by Crippen LogP contribution is -2.29. The fourth-order valence-corrected chi connectivity index (χ4v) is 2.53. The van der Waals surface area contributed by atoms with Gasteiger partial charge in [0.15, 0.2) is 0 Å². The highest BCUT2D eigenvalue weighted by molar-refractivity contribution is 5.12. The maximum Gasteiger partial charge on any atom is 0.0372 e. The maximum atomic E-state index is 4.34. The zero-order chi connectivity index (χ0) is 11.9. The SMILES string of the molecule is Cc1ccc(CNC2CCCCCCC2)cn1. The molecule has 0 radical (unpaired) electrons. The van der Waals surface area contributed by atoms with Gasteiger partial charge in [-0.15, -0.1) is 0 Å². The lowest BCUT2D eigenvalue weighted by Gasteiger charge is -2.21. The first-order valence-corrected chi connectivity index (χ1v) is 6.99. The fourth-order valence-electron chi connectivity index (χ4n) is 2.53. The molecule has 0 unspecified atom stereocenters. The van der Waals surface area contributed by atoms with Crippen LogP contribution in [-0.4, -0.2) is 11.0 Å². The summed E-state index contributed by atoms with van der Waals surface area (Å²) in [5, 5.41) is 3.69. The molecule has 0 bridgehead atoms. The van der Waals surface area contributed by atoms with Gasteiger partial charge in [0.25, 0.3) is 0 Å². The van der Waals surface area contributed by atoms with Gasteiger partial charge in [-0.2, -0.15) is 0 Å². The largest absolute Gasteiger partial charge is 0.310 e. The van der Waals surface area contributed by atoms with Crippen LogP contribution < -0.4 is 5.32 Å². The Morgan fingerprint density at radius 2 is 1.82 bits per heavy atom. The van der Waals surface area contributed by atoms with E-state index in [9.17, 15) is 0 Å². The van der Waals surface area contributed by atoms with E-state index in [0.717, 1.165) is 18.3 Å². The van der Waals surface area contributed by atoms with Gasteiger partial charge in [0.05, 0.1) is 0 Å². The van der Waals surface area contributed by atoms with Gasteiger partial charge in [-0.3, -0.25) is 4.98 Å². The summed E-state index contributed by atoms with van der Waals surface area (Å²) in [6.07, 6.45) is 11.8. The molecule has 2 heteroatoms. The molecular weight excluding hydrogens is 208 g/mol. The molecule has 94 valence electrons. The van der Waals surface area contributed by atoms with Crippen LogP contribution in [0.2, 0.25) is 0 Å². The van der Waals surface area contributed by atoms with Crippen molar-refractivity contribution in [1.29, 1.82) is 0 Å². The number of pyridine rings is 1. The molecule has 0 aromatic carbocycles. The number of rotatable bonds is 3. The molecule has 1 N–H and O–H groups in total. The number of nitrogens with one attached hydrogen (secondary N) is 1. The smallest absolute Gasteiger partial charge is 0.0372 e. The Kier molecular flexibility index (Phi) is 4.99. The van der Waals surface area contributed by atoms with Crippen molar-refractivity contribution in [1.82, 2.24) is 10.3 Å². The van der Waals surface area contributed by atoms with E-state index in [0.29, 0.717) is 0 Å². The Labute approximate surface area is 105 Å². The standard InChI is InChI=1S/C15H24N2/c1-13-9-10-14(11-16-13)12-17-15-7-5-3-2-4-6-8-15/h9-11,15,17H,2-8,12H2,1H3. The lowest BCUT2D eigenvalue weighted by atomic mass is 9.96. The zero-order valence-corrected chi connectivity index (χ0v) is 10.9. The van der Waals surface area contributed by atoms with Crippen LogP contribution in [0, 0.1) is 6.92 Å². The predicted octanol–water partition coefficient (Wildman–Crippen LogP) is 3.59. The summed E-state index contributed by atoms with van der Waals surface area (Å²) in [6.45, 7) is 3.00. The van der Waals surface area contributed by atoms with E-state index in [1.54, 1.807) is 0 Å². The Bertz CT molecular complexity index is 310. The third-order valence-electron chi connectivity index (χ3n) is 3.67. The molecule has 2 nitrogen and oxygen atoms in total. The van der Waals surface area contributed by atoms with E-state index >= 15 is 0 Å². The second-order valence-electron chi connectivity index (χ2n) is 5.23. The van der Waals surface area contributed by atoms with Gasteiger partial charge in [-0.05, 0) is 31.4 Å². The van der Waals surface area contributed by atoms with Crippen LogP contribution in [0.4, 0.5) is 0 Å². The fraction of sp³-hybridized carbons (Fsp3) is 0.667. The van der Waals surface area contributed by atoms with E-state index in [1.165, 1.54) is 50.5 Å². The number of hydrogen-bond acceptors (Lipinski definition) is 2. The minimum Gasteiger partial charge on any atom is -0.310 e. The Balaban J connectivity index is 1.77. The topological polar surface area (TPSA) is 24.9 Å². The van der Waals surface area contributed by atoms with E-state index in [2.05, 4.69) is 22.4 Å². The average Bonchev–Trinajstić information content (AvgIpc) is 2.30. The second-order valence-corrected chi connectivity index (χ2v) is 5.23. The lowest BCUT2D eigenvalue weighted by molar-refractivity contribution is 0.389. The number of aryl methyl sites for hydroxylation is 1. The van der Waals surface area contributed by atoms with Crippen molar-refractivity contribution in [3.05, 3.63) is 29.6 Å². The highest BCUT2D eigenvalue weighted by Gasteiger charge is 2.10. The number of hydrogen-bond donors (Lipinski definition) is 1. The van der Waals surface area contributed by atoms with Crippen molar-refractivity contribution in [3.8, 4) is 0 Å². The quantitative estimate of drug-likeness (QED) is 0.861. The van der Waals surface area contributed by atoms with Gasteiger partial charge >= 0.3 is 0 Å². The van der Waals surface area contributed by atoms with Crippen molar-refractivity contribution >= 4 is 0 Å². The molecule has 0 aliphatic heterocycles.